The minimum atomic E-state index is 0.157. The van der Waals surface area contributed by atoms with Crippen molar-refractivity contribution in [1.82, 2.24) is 4.68 Å². The third-order valence-electron chi connectivity index (χ3n) is 3.58. The van der Waals surface area contributed by atoms with Gasteiger partial charge in [0.2, 0.25) is 4.80 Å². The topological polar surface area (TPSA) is 61.2 Å². The predicted molar refractivity (Wildman–Crippen MR) is 103 cm³/mol. The lowest BCUT2D eigenvalue weighted by molar-refractivity contribution is 0.395. The summed E-state index contributed by atoms with van der Waals surface area (Å²) in [5.74, 6) is 2.12. The largest absolute Gasteiger partial charge is 0.497 e. The first kappa shape index (κ1) is 18.0. The minimum absolute atomic E-state index is 0.157. The zero-order valence-electron chi connectivity index (χ0n) is 15.2. The molecule has 0 aliphatic heterocycles. The van der Waals surface area contributed by atoms with Gasteiger partial charge in [0.05, 0.1) is 32.4 Å². The summed E-state index contributed by atoms with van der Waals surface area (Å²) in [6, 6.07) is 9.54. The number of nitrogens with zero attached hydrogens (tertiary/aromatic N) is 3. The van der Waals surface area contributed by atoms with Gasteiger partial charge in [-0.3, -0.25) is 4.99 Å². The molecule has 0 saturated carbocycles. The summed E-state index contributed by atoms with van der Waals surface area (Å²) in [6.07, 6.45) is 3.29. The monoisotopic (exact) mass is 371 g/mol. The van der Waals surface area contributed by atoms with E-state index in [0.29, 0.717) is 11.5 Å². The van der Waals surface area contributed by atoms with Crippen LogP contribution in [-0.4, -0.2) is 31.2 Å². The number of thiazole rings is 1. The van der Waals surface area contributed by atoms with Crippen LogP contribution in [0.15, 0.2) is 56.5 Å². The average molecular weight is 371 g/mol. The molecule has 0 atom stereocenters. The van der Waals surface area contributed by atoms with Crippen molar-refractivity contribution in [3.05, 3.63) is 52.5 Å². The Hall–Kier alpha value is -2.80. The Kier molecular flexibility index (Phi) is 5.58. The van der Waals surface area contributed by atoms with Crippen molar-refractivity contribution in [3.63, 3.8) is 0 Å². The maximum atomic E-state index is 5.55. The first-order chi connectivity index (χ1) is 12.6. The molecule has 0 N–H and O–H groups in total. The highest BCUT2D eigenvalue weighted by Gasteiger charge is 2.14. The molecule has 2 heterocycles. The van der Waals surface area contributed by atoms with Gasteiger partial charge in [0.1, 0.15) is 17.3 Å². The van der Waals surface area contributed by atoms with Crippen LogP contribution in [0.1, 0.15) is 19.6 Å². The second kappa shape index (κ2) is 8.05. The molecule has 3 rings (SSSR count). The van der Waals surface area contributed by atoms with E-state index in [-0.39, 0.29) is 6.04 Å². The lowest BCUT2D eigenvalue weighted by atomic mass is 10.1. The number of methoxy groups -OCH3 is 2. The average Bonchev–Trinajstić information content (AvgIpc) is 3.28. The predicted octanol–water partition coefficient (Wildman–Crippen LogP) is 4.02. The van der Waals surface area contributed by atoms with Crippen molar-refractivity contribution in [3.8, 4) is 22.8 Å². The molecule has 0 saturated heterocycles. The molecule has 7 heteroatoms. The van der Waals surface area contributed by atoms with Gasteiger partial charge in [-0.1, -0.05) is 0 Å². The van der Waals surface area contributed by atoms with Crippen LogP contribution in [-0.2, 0) is 0 Å². The maximum absolute atomic E-state index is 5.55. The van der Waals surface area contributed by atoms with Crippen LogP contribution >= 0.6 is 11.3 Å². The van der Waals surface area contributed by atoms with E-state index in [9.17, 15) is 0 Å². The van der Waals surface area contributed by atoms with Gasteiger partial charge in [0.25, 0.3) is 0 Å². The Labute approximate surface area is 156 Å². The molecule has 0 fully saturated rings. The minimum Gasteiger partial charge on any atom is -0.497 e. The second-order valence-corrected chi connectivity index (χ2v) is 6.60. The van der Waals surface area contributed by atoms with Gasteiger partial charge in [0.15, 0.2) is 0 Å². The number of benzene rings is 1. The van der Waals surface area contributed by atoms with Gasteiger partial charge >= 0.3 is 0 Å². The molecular formula is C19H21N3O3S. The number of rotatable bonds is 6. The first-order valence-corrected chi connectivity index (χ1v) is 9.05. The highest BCUT2D eigenvalue weighted by molar-refractivity contribution is 7.07. The fourth-order valence-electron chi connectivity index (χ4n) is 2.40. The smallest absolute Gasteiger partial charge is 0.206 e. The number of hydrogen-bond donors (Lipinski definition) is 0. The van der Waals surface area contributed by atoms with Gasteiger partial charge in [-0.2, -0.15) is 5.10 Å². The molecule has 0 amide bonds. The van der Waals surface area contributed by atoms with Crippen LogP contribution in [0.3, 0.4) is 0 Å². The summed E-state index contributed by atoms with van der Waals surface area (Å²) in [6.45, 7) is 4.07. The normalized spacial score (nSPS) is 12.3. The summed E-state index contributed by atoms with van der Waals surface area (Å²) < 4.78 is 18.0. The Bertz CT molecular complexity index is 953. The van der Waals surface area contributed by atoms with Gasteiger partial charge in [-0.05, 0) is 38.1 Å². The SMILES string of the molecule is COc1ccc(-c2csc(=NC(C)C)n2N=Cc2ccco2)c(OC)c1. The molecule has 0 aliphatic rings. The van der Waals surface area contributed by atoms with Crippen LogP contribution in [0.2, 0.25) is 0 Å². The van der Waals surface area contributed by atoms with Crippen molar-refractivity contribution in [2.75, 3.05) is 14.2 Å². The Morgan fingerprint density at radius 2 is 2.04 bits per heavy atom. The molecule has 136 valence electrons. The number of hydrogen-bond acceptors (Lipinski definition) is 6. The lowest BCUT2D eigenvalue weighted by Gasteiger charge is -2.10. The second-order valence-electron chi connectivity index (χ2n) is 5.76. The standard InChI is InChI=1S/C19H21N3O3S/c1-13(2)21-19-22(20-11-15-6-5-9-25-15)17(12-26-19)16-8-7-14(23-3)10-18(16)24-4/h5-13H,1-4H3. The molecule has 6 nitrogen and oxygen atoms in total. The molecular weight excluding hydrogens is 350 g/mol. The molecule has 0 bridgehead atoms. The summed E-state index contributed by atoms with van der Waals surface area (Å²) in [7, 11) is 3.27. The highest BCUT2D eigenvalue weighted by atomic mass is 32.1. The third-order valence-corrected chi connectivity index (χ3v) is 4.41. The molecule has 0 aliphatic carbocycles. The van der Waals surface area contributed by atoms with Crippen molar-refractivity contribution in [1.29, 1.82) is 0 Å². The van der Waals surface area contributed by atoms with Crippen molar-refractivity contribution in [2.45, 2.75) is 19.9 Å². The van der Waals surface area contributed by atoms with Crippen LogP contribution < -0.4 is 14.3 Å². The Balaban J connectivity index is 2.15. The summed E-state index contributed by atoms with van der Waals surface area (Å²) in [5, 5.41) is 6.60. The number of furan rings is 1. The molecule has 2 aromatic heterocycles. The van der Waals surface area contributed by atoms with E-state index >= 15 is 0 Å². The van der Waals surface area contributed by atoms with Gasteiger partial charge in [-0.25, -0.2) is 4.68 Å². The van der Waals surface area contributed by atoms with E-state index in [2.05, 4.69) is 10.1 Å². The molecule has 0 spiro atoms. The van der Waals surface area contributed by atoms with E-state index in [0.717, 1.165) is 21.8 Å². The quantitative estimate of drug-likeness (QED) is 0.615. The summed E-state index contributed by atoms with van der Waals surface area (Å²) in [4.78, 5) is 5.47. The van der Waals surface area contributed by atoms with Crippen LogP contribution in [0.5, 0.6) is 11.5 Å². The third kappa shape index (κ3) is 3.88. The molecule has 26 heavy (non-hydrogen) atoms. The molecule has 0 unspecified atom stereocenters. The van der Waals surface area contributed by atoms with E-state index < -0.39 is 0 Å². The van der Waals surface area contributed by atoms with Crippen LogP contribution in [0.4, 0.5) is 0 Å². The van der Waals surface area contributed by atoms with E-state index in [1.165, 1.54) is 11.3 Å². The summed E-state index contributed by atoms with van der Waals surface area (Å²) >= 11 is 1.53. The zero-order valence-corrected chi connectivity index (χ0v) is 16.0. The Morgan fingerprint density at radius 1 is 1.19 bits per heavy atom. The van der Waals surface area contributed by atoms with Gasteiger partial charge < -0.3 is 13.9 Å². The van der Waals surface area contributed by atoms with Crippen molar-refractivity contribution >= 4 is 17.6 Å². The van der Waals surface area contributed by atoms with E-state index in [1.807, 2.05) is 49.6 Å². The van der Waals surface area contributed by atoms with E-state index in [1.54, 1.807) is 31.4 Å². The lowest BCUT2D eigenvalue weighted by Crippen LogP contribution is -2.14. The number of ether oxygens (including phenoxy) is 2. The van der Waals surface area contributed by atoms with E-state index in [4.69, 9.17) is 13.9 Å². The fourth-order valence-corrected chi connectivity index (χ4v) is 3.36. The van der Waals surface area contributed by atoms with Crippen LogP contribution in [0.25, 0.3) is 11.3 Å². The van der Waals surface area contributed by atoms with Crippen molar-refractivity contribution in [2.24, 2.45) is 10.1 Å². The number of aromatic nitrogens is 1. The fraction of sp³-hybridized carbons (Fsp3) is 0.263. The highest BCUT2D eigenvalue weighted by Crippen LogP contribution is 2.33. The van der Waals surface area contributed by atoms with Gasteiger partial charge in [-0.15, -0.1) is 11.3 Å². The first-order valence-electron chi connectivity index (χ1n) is 8.17. The van der Waals surface area contributed by atoms with Gasteiger partial charge in [0, 0.05) is 23.1 Å². The Morgan fingerprint density at radius 3 is 2.69 bits per heavy atom. The molecule has 3 aromatic rings. The molecule has 1 aromatic carbocycles. The zero-order chi connectivity index (χ0) is 18.5. The maximum Gasteiger partial charge on any atom is 0.206 e. The molecule has 0 radical (unpaired) electrons. The van der Waals surface area contributed by atoms with Crippen LogP contribution in [0, 0.1) is 0 Å². The van der Waals surface area contributed by atoms with Crippen molar-refractivity contribution < 1.29 is 13.9 Å². The summed E-state index contributed by atoms with van der Waals surface area (Å²) in [5.41, 5.74) is 1.79.